The Kier molecular flexibility index (Phi) is 6.41. The number of hydrogen-bond donors (Lipinski definition) is 3. The number of aromatic hydroxyl groups is 1. The maximum atomic E-state index is 13.6. The van der Waals surface area contributed by atoms with Crippen molar-refractivity contribution in [3.63, 3.8) is 0 Å². The molecule has 5 heteroatoms. The van der Waals surface area contributed by atoms with Crippen LogP contribution in [0.5, 0.6) is 5.75 Å². The number of phenols is 1. The zero-order valence-corrected chi connectivity index (χ0v) is 13.2. The van der Waals surface area contributed by atoms with E-state index in [0.717, 1.165) is 12.1 Å². The Bertz CT molecular complexity index is 658. The van der Waals surface area contributed by atoms with E-state index in [0.29, 0.717) is 31.0 Å². The fourth-order valence-electron chi connectivity index (χ4n) is 2.18. The van der Waals surface area contributed by atoms with Crippen molar-refractivity contribution in [1.82, 2.24) is 10.6 Å². The Balaban J connectivity index is 1.90. The van der Waals surface area contributed by atoms with Gasteiger partial charge in [-0.1, -0.05) is 30.3 Å². The summed E-state index contributed by atoms with van der Waals surface area (Å²) in [6.07, 6.45) is 0.587. The van der Waals surface area contributed by atoms with E-state index in [9.17, 15) is 9.50 Å². The zero-order chi connectivity index (χ0) is 16.5. The number of guanidine groups is 1. The summed E-state index contributed by atoms with van der Waals surface area (Å²) < 4.78 is 13.6. The second-order valence-electron chi connectivity index (χ2n) is 5.13. The topological polar surface area (TPSA) is 56.7 Å². The van der Waals surface area contributed by atoms with E-state index in [1.165, 1.54) is 6.07 Å². The molecule has 3 N–H and O–H groups in total. The summed E-state index contributed by atoms with van der Waals surface area (Å²) in [4.78, 5) is 4.47. The molecule has 0 fully saturated rings. The predicted octanol–water partition coefficient (Wildman–Crippen LogP) is 2.83. The Labute approximate surface area is 136 Å². The molecular weight excluding hydrogens is 293 g/mol. The average Bonchev–Trinajstić information content (AvgIpc) is 2.54. The molecule has 0 amide bonds. The molecule has 0 radical (unpaired) electrons. The molecule has 0 atom stereocenters. The highest BCUT2D eigenvalue weighted by Crippen LogP contribution is 2.11. The third kappa shape index (κ3) is 5.62. The lowest BCUT2D eigenvalue weighted by Gasteiger charge is -2.11. The third-order valence-electron chi connectivity index (χ3n) is 3.32. The highest BCUT2D eigenvalue weighted by molar-refractivity contribution is 5.79. The van der Waals surface area contributed by atoms with Crippen LogP contribution in [0.2, 0.25) is 0 Å². The number of halogens is 1. The van der Waals surface area contributed by atoms with E-state index in [2.05, 4.69) is 15.6 Å². The van der Waals surface area contributed by atoms with Crippen molar-refractivity contribution < 1.29 is 9.50 Å². The highest BCUT2D eigenvalue weighted by atomic mass is 19.1. The molecule has 0 spiro atoms. The van der Waals surface area contributed by atoms with E-state index < -0.39 is 0 Å². The molecule has 0 unspecified atom stereocenters. The fraction of sp³-hybridized carbons (Fsp3) is 0.278. The summed E-state index contributed by atoms with van der Waals surface area (Å²) in [5, 5.41) is 15.8. The molecular formula is C18H22FN3O. The first-order valence-corrected chi connectivity index (χ1v) is 7.72. The lowest BCUT2D eigenvalue weighted by atomic mass is 10.1. The van der Waals surface area contributed by atoms with Crippen LogP contribution in [-0.4, -0.2) is 24.2 Å². The molecule has 0 heterocycles. The van der Waals surface area contributed by atoms with Crippen molar-refractivity contribution in [1.29, 1.82) is 0 Å². The number of benzene rings is 2. The summed E-state index contributed by atoms with van der Waals surface area (Å²) in [6.45, 7) is 3.78. The molecule has 0 saturated heterocycles. The van der Waals surface area contributed by atoms with E-state index in [1.54, 1.807) is 30.3 Å². The van der Waals surface area contributed by atoms with Gasteiger partial charge < -0.3 is 15.7 Å². The first-order valence-electron chi connectivity index (χ1n) is 7.72. The molecule has 0 aliphatic heterocycles. The Morgan fingerprint density at radius 3 is 2.70 bits per heavy atom. The van der Waals surface area contributed by atoms with Gasteiger partial charge in [-0.2, -0.15) is 0 Å². The van der Waals surface area contributed by atoms with Crippen LogP contribution in [0.15, 0.2) is 53.5 Å². The van der Waals surface area contributed by atoms with Crippen LogP contribution < -0.4 is 10.6 Å². The minimum Gasteiger partial charge on any atom is -0.508 e. The van der Waals surface area contributed by atoms with Gasteiger partial charge in [-0.15, -0.1) is 0 Å². The van der Waals surface area contributed by atoms with Crippen molar-refractivity contribution in [2.75, 3.05) is 13.1 Å². The summed E-state index contributed by atoms with van der Waals surface area (Å²) in [7, 11) is 0. The molecule has 0 saturated carbocycles. The first-order chi connectivity index (χ1) is 11.2. The van der Waals surface area contributed by atoms with Crippen LogP contribution >= 0.6 is 0 Å². The molecule has 2 rings (SSSR count). The standard InChI is InChI=1S/C18H22FN3O/c1-2-20-18(22-13-14-6-5-8-16(23)12-14)21-11-10-15-7-3-4-9-17(15)19/h3-9,12,23H,2,10-11,13H2,1H3,(H2,20,21,22). The van der Waals surface area contributed by atoms with Gasteiger partial charge in [-0.05, 0) is 42.7 Å². The molecule has 23 heavy (non-hydrogen) atoms. The Morgan fingerprint density at radius 2 is 1.96 bits per heavy atom. The molecule has 0 aliphatic rings. The van der Waals surface area contributed by atoms with E-state index >= 15 is 0 Å². The second-order valence-corrected chi connectivity index (χ2v) is 5.13. The van der Waals surface area contributed by atoms with Crippen LogP contribution in [0.3, 0.4) is 0 Å². The summed E-state index contributed by atoms with van der Waals surface area (Å²) in [5.41, 5.74) is 1.61. The average molecular weight is 315 g/mol. The van der Waals surface area contributed by atoms with Crippen molar-refractivity contribution in [2.45, 2.75) is 19.9 Å². The quantitative estimate of drug-likeness (QED) is 0.567. The third-order valence-corrected chi connectivity index (χ3v) is 3.32. The minimum atomic E-state index is -0.184. The van der Waals surface area contributed by atoms with Gasteiger partial charge in [0.25, 0.3) is 0 Å². The molecule has 122 valence electrons. The largest absolute Gasteiger partial charge is 0.508 e. The van der Waals surface area contributed by atoms with Crippen molar-refractivity contribution in [2.24, 2.45) is 4.99 Å². The predicted molar refractivity (Wildman–Crippen MR) is 91.0 cm³/mol. The number of rotatable bonds is 6. The highest BCUT2D eigenvalue weighted by Gasteiger charge is 2.02. The van der Waals surface area contributed by atoms with Gasteiger partial charge in [0.15, 0.2) is 5.96 Å². The molecule has 0 aliphatic carbocycles. The van der Waals surface area contributed by atoms with Gasteiger partial charge in [0, 0.05) is 13.1 Å². The lowest BCUT2D eigenvalue weighted by molar-refractivity contribution is 0.474. The zero-order valence-electron chi connectivity index (χ0n) is 13.2. The monoisotopic (exact) mass is 315 g/mol. The number of phenolic OH excluding ortho intramolecular Hbond substituents is 1. The van der Waals surface area contributed by atoms with Crippen molar-refractivity contribution in [3.05, 3.63) is 65.5 Å². The first kappa shape index (κ1) is 16.8. The maximum Gasteiger partial charge on any atom is 0.191 e. The molecule has 0 bridgehead atoms. The Hall–Kier alpha value is -2.56. The number of aliphatic imine (C=N–C) groups is 1. The fourth-order valence-corrected chi connectivity index (χ4v) is 2.18. The van der Waals surface area contributed by atoms with Crippen LogP contribution in [-0.2, 0) is 13.0 Å². The molecule has 2 aromatic carbocycles. The van der Waals surface area contributed by atoms with Crippen molar-refractivity contribution in [3.8, 4) is 5.75 Å². The smallest absolute Gasteiger partial charge is 0.191 e. The second kappa shape index (κ2) is 8.78. The SMILES string of the molecule is CCNC(=NCc1cccc(O)c1)NCCc1ccccc1F. The number of nitrogens with one attached hydrogen (secondary N) is 2. The van der Waals surface area contributed by atoms with Crippen LogP contribution in [0.1, 0.15) is 18.1 Å². The van der Waals surface area contributed by atoms with Crippen LogP contribution in [0.25, 0.3) is 0 Å². The summed E-state index contributed by atoms with van der Waals surface area (Å²) in [5.74, 6) is 0.721. The van der Waals surface area contributed by atoms with Gasteiger partial charge in [0.2, 0.25) is 0 Å². The summed E-state index contributed by atoms with van der Waals surface area (Å²) >= 11 is 0. The molecule has 0 aromatic heterocycles. The normalized spacial score (nSPS) is 11.3. The van der Waals surface area contributed by atoms with Gasteiger partial charge in [-0.25, -0.2) is 9.38 Å². The van der Waals surface area contributed by atoms with Gasteiger partial charge in [-0.3, -0.25) is 0 Å². The Morgan fingerprint density at radius 1 is 1.13 bits per heavy atom. The number of nitrogens with zero attached hydrogens (tertiary/aromatic N) is 1. The van der Waals surface area contributed by atoms with Crippen LogP contribution in [0.4, 0.5) is 4.39 Å². The summed E-state index contributed by atoms with van der Waals surface area (Å²) in [6, 6.07) is 13.8. The maximum absolute atomic E-state index is 13.6. The number of hydrogen-bond acceptors (Lipinski definition) is 2. The molecule has 4 nitrogen and oxygen atoms in total. The van der Waals surface area contributed by atoms with Gasteiger partial charge in [0.1, 0.15) is 11.6 Å². The molecule has 2 aromatic rings. The van der Waals surface area contributed by atoms with E-state index in [4.69, 9.17) is 0 Å². The van der Waals surface area contributed by atoms with Gasteiger partial charge in [0.05, 0.1) is 6.54 Å². The van der Waals surface area contributed by atoms with E-state index in [1.807, 2.05) is 19.1 Å². The lowest BCUT2D eigenvalue weighted by Crippen LogP contribution is -2.38. The van der Waals surface area contributed by atoms with Crippen molar-refractivity contribution >= 4 is 5.96 Å². The van der Waals surface area contributed by atoms with E-state index in [-0.39, 0.29) is 11.6 Å². The van der Waals surface area contributed by atoms with Crippen LogP contribution in [0, 0.1) is 5.82 Å². The minimum absolute atomic E-state index is 0.184. The van der Waals surface area contributed by atoms with Gasteiger partial charge >= 0.3 is 0 Å².